The summed E-state index contributed by atoms with van der Waals surface area (Å²) >= 11 is 0. The van der Waals surface area contributed by atoms with Crippen molar-refractivity contribution >= 4 is 23.8 Å². The standard InChI is InChI=1S/C14H24N2O8/c1-8(10(13(19)22-3)14(20)23-4)11(12(15)18)16-9(17)7-24-6-5-21-2/h8,10-11H,5-7H2,1-4H3,(H2,15,18)(H,16,17)/t8-,11+/m1/s1. The van der Waals surface area contributed by atoms with Crippen LogP contribution in [0.5, 0.6) is 0 Å². The Morgan fingerprint density at radius 2 is 1.54 bits per heavy atom. The number of primary amides is 1. The first-order valence-electron chi connectivity index (χ1n) is 7.11. The molecule has 0 aromatic rings. The third-order valence-corrected chi connectivity index (χ3v) is 3.25. The Hall–Kier alpha value is -2.20. The van der Waals surface area contributed by atoms with Gasteiger partial charge in [0.05, 0.1) is 27.4 Å². The summed E-state index contributed by atoms with van der Waals surface area (Å²) < 4.78 is 18.9. The largest absolute Gasteiger partial charge is 0.468 e. The summed E-state index contributed by atoms with van der Waals surface area (Å²) in [6, 6.07) is -1.29. The van der Waals surface area contributed by atoms with Gasteiger partial charge < -0.3 is 30.0 Å². The van der Waals surface area contributed by atoms with Crippen molar-refractivity contribution in [2.75, 3.05) is 41.2 Å². The number of carbonyl (C=O) groups excluding carboxylic acids is 4. The molecule has 10 nitrogen and oxygen atoms in total. The molecule has 0 bridgehead atoms. The Morgan fingerprint density at radius 1 is 1.00 bits per heavy atom. The van der Waals surface area contributed by atoms with Crippen LogP contribution in [0.2, 0.25) is 0 Å². The van der Waals surface area contributed by atoms with Crippen LogP contribution < -0.4 is 11.1 Å². The molecule has 0 saturated heterocycles. The number of nitrogens with two attached hydrogens (primary N) is 1. The summed E-state index contributed by atoms with van der Waals surface area (Å²) in [7, 11) is 3.66. The number of methoxy groups -OCH3 is 3. The molecule has 0 rings (SSSR count). The van der Waals surface area contributed by atoms with Gasteiger partial charge in [-0.1, -0.05) is 6.92 Å². The van der Waals surface area contributed by atoms with Gasteiger partial charge in [-0.25, -0.2) is 0 Å². The molecule has 2 amide bonds. The van der Waals surface area contributed by atoms with Gasteiger partial charge in [-0.2, -0.15) is 0 Å². The van der Waals surface area contributed by atoms with Gasteiger partial charge in [0, 0.05) is 13.0 Å². The topological polar surface area (TPSA) is 143 Å². The molecule has 10 heteroatoms. The molecule has 0 aliphatic carbocycles. The average molecular weight is 348 g/mol. The Bertz CT molecular complexity index is 438. The van der Waals surface area contributed by atoms with E-state index in [1.807, 2.05) is 0 Å². The summed E-state index contributed by atoms with van der Waals surface area (Å²) in [6.45, 7) is 1.56. The van der Waals surface area contributed by atoms with Crippen molar-refractivity contribution in [3.8, 4) is 0 Å². The summed E-state index contributed by atoms with van der Waals surface area (Å²) in [5.74, 6) is -5.73. The Labute approximate surface area is 139 Å². The molecule has 0 radical (unpaired) electrons. The molecule has 0 heterocycles. The zero-order valence-corrected chi connectivity index (χ0v) is 14.2. The van der Waals surface area contributed by atoms with Gasteiger partial charge in [0.15, 0.2) is 5.92 Å². The second-order valence-electron chi connectivity index (χ2n) is 4.88. The first-order chi connectivity index (χ1) is 11.3. The molecule has 0 unspecified atom stereocenters. The lowest BCUT2D eigenvalue weighted by Crippen LogP contribution is -2.53. The summed E-state index contributed by atoms with van der Waals surface area (Å²) in [4.78, 5) is 47.0. The van der Waals surface area contributed by atoms with E-state index in [4.69, 9.17) is 15.2 Å². The minimum absolute atomic E-state index is 0.188. The number of ether oxygens (including phenoxy) is 4. The molecule has 0 aliphatic rings. The lowest BCUT2D eigenvalue weighted by Gasteiger charge is -2.26. The smallest absolute Gasteiger partial charge is 0.320 e. The lowest BCUT2D eigenvalue weighted by atomic mass is 9.87. The van der Waals surface area contributed by atoms with E-state index >= 15 is 0 Å². The predicted molar refractivity (Wildman–Crippen MR) is 80.5 cm³/mol. The Morgan fingerprint density at radius 3 is 1.96 bits per heavy atom. The number of amides is 2. The molecule has 0 saturated carbocycles. The highest BCUT2D eigenvalue weighted by atomic mass is 16.5. The minimum Gasteiger partial charge on any atom is -0.468 e. The van der Waals surface area contributed by atoms with E-state index in [2.05, 4.69) is 14.8 Å². The number of esters is 2. The van der Waals surface area contributed by atoms with Crippen LogP contribution >= 0.6 is 0 Å². The fourth-order valence-electron chi connectivity index (χ4n) is 1.96. The van der Waals surface area contributed by atoms with Crippen LogP contribution in [0.15, 0.2) is 0 Å². The van der Waals surface area contributed by atoms with Gasteiger partial charge in [0.25, 0.3) is 0 Å². The molecular formula is C14H24N2O8. The van der Waals surface area contributed by atoms with Crippen molar-refractivity contribution in [3.05, 3.63) is 0 Å². The number of nitrogens with one attached hydrogen (secondary N) is 1. The van der Waals surface area contributed by atoms with Crippen LogP contribution in [-0.2, 0) is 38.1 Å². The first-order valence-corrected chi connectivity index (χ1v) is 7.11. The predicted octanol–water partition coefficient (Wildman–Crippen LogP) is -1.78. The maximum atomic E-state index is 11.8. The van der Waals surface area contributed by atoms with E-state index in [9.17, 15) is 19.2 Å². The van der Waals surface area contributed by atoms with Gasteiger partial charge in [-0.3, -0.25) is 19.2 Å². The summed E-state index contributed by atoms with van der Waals surface area (Å²) in [5.41, 5.74) is 5.26. The van der Waals surface area contributed by atoms with Crippen molar-refractivity contribution in [2.24, 2.45) is 17.6 Å². The summed E-state index contributed by atoms with van der Waals surface area (Å²) in [5, 5.41) is 2.34. The molecule has 0 aliphatic heterocycles. The Kier molecular flexibility index (Phi) is 10.3. The van der Waals surface area contributed by atoms with E-state index in [1.54, 1.807) is 0 Å². The molecule has 3 N–H and O–H groups in total. The average Bonchev–Trinajstić information content (AvgIpc) is 2.55. The monoisotopic (exact) mass is 348 g/mol. The van der Waals surface area contributed by atoms with Crippen LogP contribution in [0.4, 0.5) is 0 Å². The first kappa shape index (κ1) is 21.8. The molecule has 0 spiro atoms. The van der Waals surface area contributed by atoms with Crippen molar-refractivity contribution in [1.29, 1.82) is 0 Å². The highest BCUT2D eigenvalue weighted by molar-refractivity contribution is 5.97. The van der Waals surface area contributed by atoms with E-state index in [0.29, 0.717) is 6.61 Å². The Balaban J connectivity index is 5.00. The maximum absolute atomic E-state index is 11.8. The van der Waals surface area contributed by atoms with Gasteiger partial charge >= 0.3 is 11.9 Å². The minimum atomic E-state index is -1.41. The van der Waals surface area contributed by atoms with E-state index in [1.165, 1.54) is 14.0 Å². The molecule has 24 heavy (non-hydrogen) atoms. The zero-order chi connectivity index (χ0) is 18.7. The van der Waals surface area contributed by atoms with E-state index in [-0.39, 0.29) is 13.2 Å². The third-order valence-electron chi connectivity index (χ3n) is 3.25. The highest BCUT2D eigenvalue weighted by Crippen LogP contribution is 2.19. The van der Waals surface area contributed by atoms with Gasteiger partial charge in [-0.15, -0.1) is 0 Å². The van der Waals surface area contributed by atoms with Crippen molar-refractivity contribution in [3.63, 3.8) is 0 Å². The van der Waals surface area contributed by atoms with E-state index < -0.39 is 41.6 Å². The molecule has 2 atom stereocenters. The lowest BCUT2D eigenvalue weighted by molar-refractivity contribution is -0.162. The zero-order valence-electron chi connectivity index (χ0n) is 14.2. The molecule has 0 fully saturated rings. The number of hydrogen-bond donors (Lipinski definition) is 2. The van der Waals surface area contributed by atoms with Crippen LogP contribution in [0, 0.1) is 11.8 Å². The van der Waals surface area contributed by atoms with Crippen molar-refractivity contribution in [2.45, 2.75) is 13.0 Å². The van der Waals surface area contributed by atoms with Crippen LogP contribution in [0.1, 0.15) is 6.92 Å². The fraction of sp³-hybridized carbons (Fsp3) is 0.714. The van der Waals surface area contributed by atoms with Crippen LogP contribution in [0.25, 0.3) is 0 Å². The van der Waals surface area contributed by atoms with Crippen LogP contribution in [-0.4, -0.2) is 70.9 Å². The fourth-order valence-corrected chi connectivity index (χ4v) is 1.96. The number of carbonyl (C=O) groups is 4. The van der Waals surface area contributed by atoms with Gasteiger partial charge in [0.2, 0.25) is 11.8 Å². The number of rotatable bonds is 11. The molecule has 0 aromatic carbocycles. The maximum Gasteiger partial charge on any atom is 0.320 e. The normalized spacial score (nSPS) is 13.0. The second-order valence-corrected chi connectivity index (χ2v) is 4.88. The third kappa shape index (κ3) is 6.92. The SMILES string of the molecule is COCCOCC(=O)N[C@H](C(N)=O)[C@H](C)C(C(=O)OC)C(=O)OC. The highest BCUT2D eigenvalue weighted by Gasteiger charge is 2.41. The molecule has 0 aromatic heterocycles. The van der Waals surface area contributed by atoms with Gasteiger partial charge in [-0.05, 0) is 0 Å². The molecule has 138 valence electrons. The second kappa shape index (κ2) is 11.4. The van der Waals surface area contributed by atoms with Gasteiger partial charge in [0.1, 0.15) is 12.6 Å². The van der Waals surface area contributed by atoms with Crippen molar-refractivity contribution < 1.29 is 38.1 Å². The quantitative estimate of drug-likeness (QED) is 0.253. The number of hydrogen-bond acceptors (Lipinski definition) is 8. The van der Waals surface area contributed by atoms with Crippen LogP contribution in [0.3, 0.4) is 0 Å². The molecular weight excluding hydrogens is 324 g/mol. The van der Waals surface area contributed by atoms with Crippen molar-refractivity contribution in [1.82, 2.24) is 5.32 Å². The summed E-state index contributed by atoms with van der Waals surface area (Å²) in [6.07, 6.45) is 0. The van der Waals surface area contributed by atoms with E-state index in [0.717, 1.165) is 14.2 Å².